The van der Waals surface area contributed by atoms with Crippen molar-refractivity contribution in [1.82, 2.24) is 5.32 Å². The summed E-state index contributed by atoms with van der Waals surface area (Å²) in [6.45, 7) is 2.37. The summed E-state index contributed by atoms with van der Waals surface area (Å²) < 4.78 is 0. The highest BCUT2D eigenvalue weighted by atomic mass is 16.3. The van der Waals surface area contributed by atoms with Gasteiger partial charge in [0.2, 0.25) is 0 Å². The minimum atomic E-state index is 0.0939. The van der Waals surface area contributed by atoms with Crippen molar-refractivity contribution in [2.75, 3.05) is 13.2 Å². The number of nitrogens with one attached hydrogen (secondary N) is 1. The normalized spacial score (nSPS) is 10.6. The molecule has 3 nitrogen and oxygen atoms in total. The Kier molecular flexibility index (Phi) is 4.56. The monoisotopic (exact) mass is 126 g/mol. The van der Waals surface area contributed by atoms with E-state index in [0.29, 0.717) is 6.54 Å². The Balaban J connectivity index is 3.40. The van der Waals surface area contributed by atoms with Crippen molar-refractivity contribution in [2.24, 2.45) is 0 Å². The van der Waals surface area contributed by atoms with Crippen molar-refractivity contribution in [3.63, 3.8) is 0 Å². The van der Waals surface area contributed by atoms with E-state index in [2.05, 4.69) is 5.32 Å². The van der Waals surface area contributed by atoms with E-state index in [1.165, 1.54) is 6.08 Å². The van der Waals surface area contributed by atoms with Crippen LogP contribution < -0.4 is 5.32 Å². The SMILES string of the molecule is C/C(=C\C#N)NCCO. The van der Waals surface area contributed by atoms with Crippen LogP contribution in [0.5, 0.6) is 0 Å². The van der Waals surface area contributed by atoms with E-state index in [0.717, 1.165) is 5.70 Å². The molecule has 9 heavy (non-hydrogen) atoms. The van der Waals surface area contributed by atoms with Crippen LogP contribution in [0.1, 0.15) is 6.92 Å². The molecule has 0 radical (unpaired) electrons. The summed E-state index contributed by atoms with van der Waals surface area (Å²) in [6.07, 6.45) is 1.40. The Bertz CT molecular complexity index is 134. The van der Waals surface area contributed by atoms with Crippen LogP contribution in [0, 0.1) is 11.3 Å². The lowest BCUT2D eigenvalue weighted by atomic mass is 10.4. The highest BCUT2D eigenvalue weighted by Gasteiger charge is 1.82. The zero-order valence-corrected chi connectivity index (χ0v) is 5.39. The number of aliphatic hydroxyl groups is 1. The number of nitriles is 1. The molecule has 0 rings (SSSR count). The molecule has 0 unspecified atom stereocenters. The highest BCUT2D eigenvalue weighted by Crippen LogP contribution is 1.81. The first-order valence-corrected chi connectivity index (χ1v) is 2.72. The molecule has 0 aromatic carbocycles. The quantitative estimate of drug-likeness (QED) is 0.523. The van der Waals surface area contributed by atoms with Crippen LogP contribution in [0.4, 0.5) is 0 Å². The van der Waals surface area contributed by atoms with Gasteiger partial charge in [-0.3, -0.25) is 0 Å². The van der Waals surface area contributed by atoms with Gasteiger partial charge in [0.05, 0.1) is 12.7 Å². The molecule has 3 heteroatoms. The largest absolute Gasteiger partial charge is 0.395 e. The average molecular weight is 126 g/mol. The van der Waals surface area contributed by atoms with Gasteiger partial charge in [0.15, 0.2) is 0 Å². The van der Waals surface area contributed by atoms with E-state index in [-0.39, 0.29) is 6.61 Å². The van der Waals surface area contributed by atoms with Crippen LogP contribution in [0.2, 0.25) is 0 Å². The number of nitrogens with zero attached hydrogens (tertiary/aromatic N) is 1. The second-order valence-electron chi connectivity index (χ2n) is 1.61. The van der Waals surface area contributed by atoms with Gasteiger partial charge in [-0.05, 0) is 6.92 Å². The molecule has 0 aliphatic heterocycles. The van der Waals surface area contributed by atoms with Gasteiger partial charge in [0.25, 0.3) is 0 Å². The standard InChI is InChI=1S/C6H10N2O/c1-6(2-3-7)8-4-5-9/h2,8-9H,4-5H2,1H3/b6-2+. The number of rotatable bonds is 3. The van der Waals surface area contributed by atoms with E-state index in [9.17, 15) is 0 Å². The molecule has 0 saturated heterocycles. The Morgan fingerprint density at radius 2 is 2.56 bits per heavy atom. The van der Waals surface area contributed by atoms with Gasteiger partial charge in [-0.2, -0.15) is 5.26 Å². The molecule has 0 atom stereocenters. The zero-order valence-electron chi connectivity index (χ0n) is 5.39. The van der Waals surface area contributed by atoms with E-state index >= 15 is 0 Å². The number of allylic oxidation sites excluding steroid dienone is 2. The first-order valence-electron chi connectivity index (χ1n) is 2.72. The van der Waals surface area contributed by atoms with E-state index in [1.54, 1.807) is 6.92 Å². The maximum absolute atomic E-state index is 8.31. The molecule has 50 valence electrons. The molecular weight excluding hydrogens is 116 g/mol. The molecule has 0 aliphatic rings. The lowest BCUT2D eigenvalue weighted by molar-refractivity contribution is 0.297. The predicted molar refractivity (Wildman–Crippen MR) is 34.5 cm³/mol. The third kappa shape index (κ3) is 4.85. The van der Waals surface area contributed by atoms with Crippen molar-refractivity contribution in [2.45, 2.75) is 6.92 Å². The van der Waals surface area contributed by atoms with E-state index in [1.807, 2.05) is 6.07 Å². The first kappa shape index (κ1) is 7.99. The molecule has 0 amide bonds. The predicted octanol–water partition coefficient (Wildman–Crippen LogP) is -0.00432. The highest BCUT2D eigenvalue weighted by molar-refractivity contribution is 5.09. The van der Waals surface area contributed by atoms with Gasteiger partial charge in [0.1, 0.15) is 0 Å². The third-order valence-corrected chi connectivity index (χ3v) is 0.797. The summed E-state index contributed by atoms with van der Waals surface area (Å²) in [5.74, 6) is 0. The van der Waals surface area contributed by atoms with Crippen molar-refractivity contribution in [3.8, 4) is 6.07 Å². The minimum Gasteiger partial charge on any atom is -0.395 e. The van der Waals surface area contributed by atoms with Crippen LogP contribution in [-0.4, -0.2) is 18.3 Å². The van der Waals surface area contributed by atoms with Gasteiger partial charge in [-0.15, -0.1) is 0 Å². The summed E-state index contributed by atoms with van der Waals surface area (Å²) in [4.78, 5) is 0. The molecular formula is C6H10N2O. The maximum atomic E-state index is 8.31. The Morgan fingerprint density at radius 3 is 3.00 bits per heavy atom. The third-order valence-electron chi connectivity index (χ3n) is 0.797. The second kappa shape index (κ2) is 5.13. The lowest BCUT2D eigenvalue weighted by Gasteiger charge is -1.99. The smallest absolute Gasteiger partial charge is 0.0930 e. The fourth-order valence-corrected chi connectivity index (χ4v) is 0.401. The molecule has 0 heterocycles. The fraction of sp³-hybridized carbons (Fsp3) is 0.500. The Labute approximate surface area is 54.6 Å². The van der Waals surface area contributed by atoms with Crippen LogP contribution in [-0.2, 0) is 0 Å². The second-order valence-corrected chi connectivity index (χ2v) is 1.61. The maximum Gasteiger partial charge on any atom is 0.0930 e. The molecule has 0 aromatic heterocycles. The van der Waals surface area contributed by atoms with Gasteiger partial charge in [-0.25, -0.2) is 0 Å². The van der Waals surface area contributed by atoms with Crippen LogP contribution >= 0.6 is 0 Å². The average Bonchev–Trinajstić information content (AvgIpc) is 1.85. The summed E-state index contributed by atoms with van der Waals surface area (Å²) in [7, 11) is 0. The fourth-order valence-electron chi connectivity index (χ4n) is 0.401. The molecule has 0 aromatic rings. The molecule has 2 N–H and O–H groups in total. The van der Waals surface area contributed by atoms with Crippen molar-refractivity contribution in [3.05, 3.63) is 11.8 Å². The van der Waals surface area contributed by atoms with Crippen LogP contribution in [0.3, 0.4) is 0 Å². The van der Waals surface area contributed by atoms with Crippen LogP contribution in [0.15, 0.2) is 11.8 Å². The summed E-state index contributed by atoms with van der Waals surface area (Å²) in [5, 5.41) is 19.2. The van der Waals surface area contributed by atoms with E-state index in [4.69, 9.17) is 10.4 Å². The van der Waals surface area contributed by atoms with Crippen LogP contribution in [0.25, 0.3) is 0 Å². The summed E-state index contributed by atoms with van der Waals surface area (Å²) in [5.41, 5.74) is 0.784. The van der Waals surface area contributed by atoms with Crippen molar-refractivity contribution < 1.29 is 5.11 Å². The number of hydrogen-bond donors (Lipinski definition) is 2. The van der Waals surface area contributed by atoms with Crippen molar-refractivity contribution in [1.29, 1.82) is 5.26 Å². The molecule has 0 bridgehead atoms. The van der Waals surface area contributed by atoms with Gasteiger partial charge >= 0.3 is 0 Å². The molecule has 0 fully saturated rings. The van der Waals surface area contributed by atoms with Gasteiger partial charge in [0, 0.05) is 18.3 Å². The van der Waals surface area contributed by atoms with Gasteiger partial charge in [-0.1, -0.05) is 0 Å². The first-order chi connectivity index (χ1) is 4.31. The minimum absolute atomic E-state index is 0.0939. The Hall–Kier alpha value is -1.01. The zero-order chi connectivity index (χ0) is 7.11. The molecule has 0 spiro atoms. The molecule has 0 aliphatic carbocycles. The summed E-state index contributed by atoms with van der Waals surface area (Å²) >= 11 is 0. The van der Waals surface area contributed by atoms with Gasteiger partial charge < -0.3 is 10.4 Å². The Morgan fingerprint density at radius 1 is 1.89 bits per heavy atom. The number of aliphatic hydroxyl groups excluding tert-OH is 1. The summed E-state index contributed by atoms with van der Waals surface area (Å²) in [6, 6.07) is 1.87. The number of hydrogen-bond acceptors (Lipinski definition) is 3. The molecule has 0 saturated carbocycles. The van der Waals surface area contributed by atoms with Crippen molar-refractivity contribution >= 4 is 0 Å². The topological polar surface area (TPSA) is 56.0 Å². The van der Waals surface area contributed by atoms with E-state index < -0.39 is 0 Å². The lowest BCUT2D eigenvalue weighted by Crippen LogP contribution is -2.15.